The highest BCUT2D eigenvalue weighted by Crippen LogP contribution is 2.44. The van der Waals surface area contributed by atoms with Crippen molar-refractivity contribution in [3.05, 3.63) is 35.8 Å². The van der Waals surface area contributed by atoms with Crippen molar-refractivity contribution in [2.75, 3.05) is 24.6 Å². The molecule has 0 amide bonds. The summed E-state index contributed by atoms with van der Waals surface area (Å²) in [4.78, 5) is 24.3. The molecule has 2 aromatic rings. The summed E-state index contributed by atoms with van der Waals surface area (Å²) in [5, 5.41) is 10.3. The Morgan fingerprint density at radius 2 is 1.89 bits per heavy atom. The lowest BCUT2D eigenvalue weighted by atomic mass is 9.78. The van der Waals surface area contributed by atoms with E-state index < -0.39 is 17.7 Å². The van der Waals surface area contributed by atoms with Crippen molar-refractivity contribution in [3.8, 4) is 17.0 Å². The molecule has 0 spiro atoms. The average Bonchev–Trinajstić information content (AvgIpc) is 2.82. The van der Waals surface area contributed by atoms with E-state index in [2.05, 4.69) is 23.7 Å². The second kappa shape index (κ2) is 11.0. The van der Waals surface area contributed by atoms with Gasteiger partial charge < -0.3 is 19.5 Å². The molecule has 1 saturated carbocycles. The van der Waals surface area contributed by atoms with Gasteiger partial charge in [0.1, 0.15) is 5.75 Å². The highest BCUT2D eigenvalue weighted by Gasteiger charge is 2.36. The van der Waals surface area contributed by atoms with Gasteiger partial charge in [-0.2, -0.15) is 0 Å². The number of anilines is 1. The molecular weight excluding hydrogens is 466 g/mol. The van der Waals surface area contributed by atoms with Crippen LogP contribution in [0.25, 0.3) is 11.3 Å². The lowest BCUT2D eigenvalue weighted by Crippen LogP contribution is -2.40. The molecule has 2 aliphatic rings. The van der Waals surface area contributed by atoms with Gasteiger partial charge >= 0.3 is 5.97 Å². The summed E-state index contributed by atoms with van der Waals surface area (Å²) in [7, 11) is 0. The Balaban J connectivity index is 1.75. The Labute approximate surface area is 221 Å². The SMILES string of the molecule is CCC1(C)CCN(c2c(-c3ccc(OCC4CCC4)cn3)cnc(C)c2[C@H](OC(C)(C)C)C(=O)O)CC1. The number of aryl methyl sites for hydroxylation is 1. The van der Waals surface area contributed by atoms with Gasteiger partial charge in [-0.25, -0.2) is 4.79 Å². The predicted octanol–water partition coefficient (Wildman–Crippen LogP) is 6.59. The smallest absolute Gasteiger partial charge is 0.337 e. The maximum absolute atomic E-state index is 12.6. The summed E-state index contributed by atoms with van der Waals surface area (Å²) in [6, 6.07) is 3.91. The van der Waals surface area contributed by atoms with Crippen molar-refractivity contribution in [1.82, 2.24) is 9.97 Å². The first-order valence-corrected chi connectivity index (χ1v) is 13.7. The number of carboxylic acid groups (broad SMARTS) is 1. The van der Waals surface area contributed by atoms with Crippen molar-refractivity contribution in [2.45, 2.75) is 91.8 Å². The van der Waals surface area contributed by atoms with Crippen molar-refractivity contribution >= 4 is 11.7 Å². The van der Waals surface area contributed by atoms with Gasteiger partial charge in [-0.05, 0) is 76.8 Å². The second-order valence-electron chi connectivity index (χ2n) is 12.1. The Bertz CT molecular complexity index is 1080. The molecule has 0 aromatic carbocycles. The highest BCUT2D eigenvalue weighted by molar-refractivity contribution is 5.85. The van der Waals surface area contributed by atoms with Crippen LogP contribution in [0.2, 0.25) is 0 Å². The van der Waals surface area contributed by atoms with Crippen LogP contribution in [0, 0.1) is 18.3 Å². The van der Waals surface area contributed by atoms with E-state index in [0.29, 0.717) is 22.6 Å². The topological polar surface area (TPSA) is 84.8 Å². The van der Waals surface area contributed by atoms with Crippen molar-refractivity contribution in [3.63, 3.8) is 0 Å². The molecule has 1 aliphatic carbocycles. The highest BCUT2D eigenvalue weighted by atomic mass is 16.5. The lowest BCUT2D eigenvalue weighted by Gasteiger charge is -2.42. The fourth-order valence-corrected chi connectivity index (χ4v) is 5.16. The molecule has 1 N–H and O–H groups in total. The van der Waals surface area contributed by atoms with Crippen LogP contribution < -0.4 is 9.64 Å². The van der Waals surface area contributed by atoms with E-state index >= 15 is 0 Å². The molecule has 2 fully saturated rings. The van der Waals surface area contributed by atoms with Crippen LogP contribution in [0.3, 0.4) is 0 Å². The van der Waals surface area contributed by atoms with Gasteiger partial charge in [0.2, 0.25) is 0 Å². The molecule has 0 bridgehead atoms. The van der Waals surface area contributed by atoms with Crippen LogP contribution in [0.4, 0.5) is 5.69 Å². The van der Waals surface area contributed by atoms with Crippen LogP contribution in [-0.2, 0) is 9.53 Å². The molecule has 0 radical (unpaired) electrons. The van der Waals surface area contributed by atoms with E-state index in [1.54, 1.807) is 6.20 Å². The molecule has 202 valence electrons. The van der Waals surface area contributed by atoms with E-state index in [1.807, 2.05) is 46.0 Å². The summed E-state index contributed by atoms with van der Waals surface area (Å²) >= 11 is 0. The van der Waals surface area contributed by atoms with Crippen molar-refractivity contribution in [1.29, 1.82) is 0 Å². The second-order valence-corrected chi connectivity index (χ2v) is 12.1. The Hall–Kier alpha value is -2.67. The number of rotatable bonds is 9. The minimum atomic E-state index is -1.13. The van der Waals surface area contributed by atoms with E-state index in [0.717, 1.165) is 61.7 Å². The summed E-state index contributed by atoms with van der Waals surface area (Å²) in [6.45, 7) is 14.5. The van der Waals surface area contributed by atoms with Gasteiger partial charge in [0, 0.05) is 36.1 Å². The molecule has 0 unspecified atom stereocenters. The zero-order valence-electron chi connectivity index (χ0n) is 23.3. The van der Waals surface area contributed by atoms with E-state index in [-0.39, 0.29) is 0 Å². The average molecular weight is 510 g/mol. The predicted molar refractivity (Wildman–Crippen MR) is 146 cm³/mol. The maximum Gasteiger partial charge on any atom is 0.337 e. The standard InChI is InChI=1S/C30H43N3O4/c1-7-30(6)13-15-33(16-14-30)26-23(24-12-11-22(17-32-24)36-19-21-9-8-10-21)18-31-20(2)25(26)27(28(34)35)37-29(3,4)5/h11-12,17-18,21,27H,7-10,13-16,19H2,1-6H3,(H,34,35)/t27-/m0/s1. The van der Waals surface area contributed by atoms with Gasteiger partial charge in [-0.1, -0.05) is 26.7 Å². The minimum Gasteiger partial charge on any atom is -0.492 e. The molecule has 37 heavy (non-hydrogen) atoms. The van der Waals surface area contributed by atoms with Crippen molar-refractivity contribution in [2.24, 2.45) is 11.3 Å². The first-order valence-electron chi connectivity index (χ1n) is 13.7. The number of piperidine rings is 1. The molecule has 4 rings (SSSR count). The summed E-state index contributed by atoms with van der Waals surface area (Å²) < 4.78 is 12.1. The molecule has 2 aromatic heterocycles. The molecule has 1 saturated heterocycles. The molecule has 1 aliphatic heterocycles. The summed E-state index contributed by atoms with van der Waals surface area (Å²) in [5.74, 6) is 0.397. The fraction of sp³-hybridized carbons (Fsp3) is 0.633. The normalized spacial score (nSPS) is 18.8. The van der Waals surface area contributed by atoms with E-state index in [9.17, 15) is 9.90 Å². The van der Waals surface area contributed by atoms with Crippen LogP contribution in [-0.4, -0.2) is 46.3 Å². The third-order valence-electron chi connectivity index (χ3n) is 8.11. The molecule has 3 heterocycles. The molecule has 7 nitrogen and oxygen atoms in total. The number of ether oxygens (including phenoxy) is 2. The largest absolute Gasteiger partial charge is 0.492 e. The number of pyridine rings is 2. The molecule has 1 atom stereocenters. The van der Waals surface area contributed by atoms with Crippen LogP contribution >= 0.6 is 0 Å². The van der Waals surface area contributed by atoms with Crippen LogP contribution in [0.1, 0.15) is 90.5 Å². The zero-order valence-corrected chi connectivity index (χ0v) is 23.3. The van der Waals surface area contributed by atoms with Crippen LogP contribution in [0.15, 0.2) is 24.5 Å². The molecule has 7 heteroatoms. The van der Waals surface area contributed by atoms with Crippen molar-refractivity contribution < 1.29 is 19.4 Å². The molecular formula is C30H43N3O4. The quantitative estimate of drug-likeness (QED) is 0.408. The number of hydrogen-bond donors (Lipinski definition) is 1. The Morgan fingerprint density at radius 3 is 2.41 bits per heavy atom. The number of carbonyl (C=O) groups is 1. The van der Waals surface area contributed by atoms with Gasteiger partial charge in [0.05, 0.1) is 29.8 Å². The number of aliphatic carboxylic acids is 1. The first-order chi connectivity index (χ1) is 17.5. The Morgan fingerprint density at radius 1 is 1.19 bits per heavy atom. The van der Waals surface area contributed by atoms with E-state index in [1.165, 1.54) is 19.3 Å². The minimum absolute atomic E-state index is 0.296. The number of hydrogen-bond acceptors (Lipinski definition) is 6. The van der Waals surface area contributed by atoms with Crippen LogP contribution in [0.5, 0.6) is 5.75 Å². The van der Waals surface area contributed by atoms with Gasteiger partial charge in [0.15, 0.2) is 6.10 Å². The number of nitrogens with zero attached hydrogens (tertiary/aromatic N) is 3. The third kappa shape index (κ3) is 6.43. The first kappa shape index (κ1) is 27.4. The summed E-state index contributed by atoms with van der Waals surface area (Å²) in [5.41, 5.74) is 3.40. The summed E-state index contributed by atoms with van der Waals surface area (Å²) in [6.07, 6.45) is 9.45. The van der Waals surface area contributed by atoms with Gasteiger partial charge in [-0.3, -0.25) is 9.97 Å². The third-order valence-corrected chi connectivity index (χ3v) is 8.11. The number of carboxylic acids is 1. The monoisotopic (exact) mass is 509 g/mol. The zero-order chi connectivity index (χ0) is 26.8. The number of aromatic nitrogens is 2. The fourth-order valence-electron chi connectivity index (χ4n) is 5.16. The lowest BCUT2D eigenvalue weighted by molar-refractivity contribution is -0.160. The Kier molecular flexibility index (Phi) is 8.12. The maximum atomic E-state index is 12.6. The van der Waals surface area contributed by atoms with E-state index in [4.69, 9.17) is 14.5 Å². The van der Waals surface area contributed by atoms with Gasteiger partial charge in [0.25, 0.3) is 0 Å². The van der Waals surface area contributed by atoms with Gasteiger partial charge in [-0.15, -0.1) is 0 Å².